The number of unbranched alkanes of at least 4 members (excludes halogenated alkanes) is 2. The van der Waals surface area contributed by atoms with Crippen molar-refractivity contribution in [2.45, 2.75) is 59.0 Å². The van der Waals surface area contributed by atoms with Crippen molar-refractivity contribution in [3.63, 3.8) is 0 Å². The lowest BCUT2D eigenvalue weighted by Gasteiger charge is -2.12. The van der Waals surface area contributed by atoms with Gasteiger partial charge < -0.3 is 0 Å². The average Bonchev–Trinajstić information content (AvgIpc) is 2.16. The van der Waals surface area contributed by atoms with E-state index in [-0.39, 0.29) is 6.10 Å². The summed E-state index contributed by atoms with van der Waals surface area (Å²) in [5.74, 6) is 0. The van der Waals surface area contributed by atoms with Crippen LogP contribution in [0, 0.1) is 0 Å². The molecule has 0 aliphatic carbocycles. The molecule has 0 rings (SSSR count). The fourth-order valence-corrected chi connectivity index (χ4v) is 1.07. The van der Waals surface area contributed by atoms with Gasteiger partial charge in [-0.1, -0.05) is 38.1 Å². The van der Waals surface area contributed by atoms with E-state index >= 15 is 0 Å². The summed E-state index contributed by atoms with van der Waals surface area (Å²) in [5, 5.41) is 4.57. The highest BCUT2D eigenvalue weighted by Crippen LogP contribution is 2.10. The minimum absolute atomic E-state index is 0.179. The van der Waals surface area contributed by atoms with Crippen LogP contribution in [0.4, 0.5) is 0 Å². The first kappa shape index (κ1) is 12.9. The summed E-state index contributed by atoms with van der Waals surface area (Å²) < 4.78 is 0. The molecule has 3 heteroatoms. The Morgan fingerprint density at radius 3 is 2.38 bits per heavy atom. The van der Waals surface area contributed by atoms with E-state index in [4.69, 9.17) is 4.89 Å². The lowest BCUT2D eigenvalue weighted by atomic mass is 10.1. The summed E-state index contributed by atoms with van der Waals surface area (Å²) in [4.78, 5) is 9.71. The molecule has 0 radical (unpaired) electrons. The standard InChI is InChI=1S/C10H22O3/c1-4-7-8-9-10(5-2)12-13-11-6-3/h10H,4-9H2,1-3H3. The second kappa shape index (κ2) is 9.96. The summed E-state index contributed by atoms with van der Waals surface area (Å²) in [7, 11) is 0. The molecule has 0 N–H and O–H groups in total. The van der Waals surface area contributed by atoms with E-state index in [1.807, 2.05) is 6.92 Å². The zero-order valence-corrected chi connectivity index (χ0v) is 9.04. The second-order valence-corrected chi connectivity index (χ2v) is 3.10. The second-order valence-electron chi connectivity index (χ2n) is 3.10. The Hall–Kier alpha value is -0.120. The molecule has 0 aromatic carbocycles. The summed E-state index contributed by atoms with van der Waals surface area (Å²) in [6.07, 6.45) is 5.90. The molecule has 13 heavy (non-hydrogen) atoms. The third-order valence-corrected chi connectivity index (χ3v) is 1.93. The SMILES string of the molecule is CCCCCC(CC)OOOCC. The first-order valence-electron chi connectivity index (χ1n) is 5.30. The summed E-state index contributed by atoms with van der Waals surface area (Å²) in [5.41, 5.74) is 0. The van der Waals surface area contributed by atoms with Crippen LogP contribution in [-0.2, 0) is 14.8 Å². The fraction of sp³-hybridized carbons (Fsp3) is 1.00. The van der Waals surface area contributed by atoms with Gasteiger partial charge in [0.1, 0.15) is 0 Å². The predicted octanol–water partition coefficient (Wildman–Crippen LogP) is 3.25. The van der Waals surface area contributed by atoms with Crippen molar-refractivity contribution >= 4 is 0 Å². The molecule has 1 atom stereocenters. The van der Waals surface area contributed by atoms with E-state index in [1.54, 1.807) is 0 Å². The van der Waals surface area contributed by atoms with Gasteiger partial charge in [0, 0.05) is 0 Å². The van der Waals surface area contributed by atoms with Gasteiger partial charge >= 0.3 is 0 Å². The van der Waals surface area contributed by atoms with Gasteiger partial charge in [0.2, 0.25) is 0 Å². The molecule has 0 aromatic heterocycles. The molecular formula is C10H22O3. The molecular weight excluding hydrogens is 168 g/mol. The average molecular weight is 190 g/mol. The van der Waals surface area contributed by atoms with E-state index < -0.39 is 0 Å². The Labute approximate surface area is 81.2 Å². The van der Waals surface area contributed by atoms with Gasteiger partial charge in [-0.25, -0.2) is 9.78 Å². The first-order valence-corrected chi connectivity index (χ1v) is 5.30. The maximum Gasteiger partial charge on any atom is 0.0958 e. The lowest BCUT2D eigenvalue weighted by Crippen LogP contribution is -2.12. The Bertz CT molecular complexity index is 86.2. The van der Waals surface area contributed by atoms with E-state index in [1.165, 1.54) is 19.3 Å². The molecule has 0 amide bonds. The van der Waals surface area contributed by atoms with Crippen molar-refractivity contribution in [1.82, 2.24) is 0 Å². The third kappa shape index (κ3) is 8.22. The highest BCUT2D eigenvalue weighted by atomic mass is 17.5. The molecule has 0 heterocycles. The van der Waals surface area contributed by atoms with Crippen molar-refractivity contribution in [3.05, 3.63) is 0 Å². The maximum absolute atomic E-state index is 5.06. The topological polar surface area (TPSA) is 27.7 Å². The Morgan fingerprint density at radius 1 is 1.08 bits per heavy atom. The smallest absolute Gasteiger partial charge is 0.0958 e. The molecule has 3 nitrogen and oxygen atoms in total. The first-order chi connectivity index (χ1) is 6.35. The third-order valence-electron chi connectivity index (χ3n) is 1.93. The molecule has 0 saturated carbocycles. The van der Waals surface area contributed by atoms with Crippen molar-refractivity contribution in [3.8, 4) is 0 Å². The summed E-state index contributed by atoms with van der Waals surface area (Å²) in [6, 6.07) is 0. The van der Waals surface area contributed by atoms with Gasteiger partial charge in [-0.3, -0.25) is 0 Å². The van der Waals surface area contributed by atoms with Crippen molar-refractivity contribution in [2.24, 2.45) is 0 Å². The highest BCUT2D eigenvalue weighted by Gasteiger charge is 2.07. The zero-order chi connectivity index (χ0) is 9.94. The van der Waals surface area contributed by atoms with Crippen LogP contribution in [0.1, 0.15) is 52.9 Å². The molecule has 0 aromatic rings. The minimum atomic E-state index is 0.179. The molecule has 1 unspecified atom stereocenters. The van der Waals surface area contributed by atoms with Crippen LogP contribution in [0.3, 0.4) is 0 Å². The van der Waals surface area contributed by atoms with Crippen molar-refractivity contribution in [1.29, 1.82) is 0 Å². The van der Waals surface area contributed by atoms with E-state index in [0.717, 1.165) is 12.8 Å². The van der Waals surface area contributed by atoms with E-state index in [9.17, 15) is 0 Å². The Kier molecular flexibility index (Phi) is 9.87. The largest absolute Gasteiger partial charge is 0.206 e. The van der Waals surface area contributed by atoms with Crippen LogP contribution >= 0.6 is 0 Å². The quantitative estimate of drug-likeness (QED) is 0.317. The van der Waals surface area contributed by atoms with Crippen molar-refractivity contribution in [2.75, 3.05) is 6.61 Å². The zero-order valence-electron chi connectivity index (χ0n) is 9.04. The van der Waals surface area contributed by atoms with E-state index in [0.29, 0.717) is 6.61 Å². The Morgan fingerprint density at radius 2 is 1.85 bits per heavy atom. The van der Waals surface area contributed by atoms with Gasteiger partial charge in [0.05, 0.1) is 12.7 Å². The molecule has 0 bridgehead atoms. The molecule has 80 valence electrons. The number of hydrogen-bond donors (Lipinski definition) is 0. The van der Waals surface area contributed by atoms with E-state index in [2.05, 4.69) is 23.8 Å². The van der Waals surface area contributed by atoms with Gasteiger partial charge in [-0.15, -0.1) is 0 Å². The van der Waals surface area contributed by atoms with Gasteiger partial charge in [0.15, 0.2) is 0 Å². The molecule has 0 aliphatic rings. The van der Waals surface area contributed by atoms with Gasteiger partial charge in [-0.05, 0) is 19.8 Å². The van der Waals surface area contributed by atoms with Crippen molar-refractivity contribution < 1.29 is 14.8 Å². The highest BCUT2D eigenvalue weighted by molar-refractivity contribution is 4.52. The van der Waals surface area contributed by atoms with Crippen LogP contribution in [0.2, 0.25) is 0 Å². The minimum Gasteiger partial charge on any atom is -0.206 e. The van der Waals surface area contributed by atoms with Crippen LogP contribution in [0.15, 0.2) is 0 Å². The summed E-state index contributed by atoms with van der Waals surface area (Å²) in [6.45, 7) is 6.66. The molecule has 0 fully saturated rings. The molecule has 0 aliphatic heterocycles. The van der Waals surface area contributed by atoms with Gasteiger partial charge in [0.25, 0.3) is 0 Å². The molecule has 0 spiro atoms. The fourth-order valence-electron chi connectivity index (χ4n) is 1.07. The van der Waals surface area contributed by atoms with Crippen LogP contribution in [-0.4, -0.2) is 12.7 Å². The summed E-state index contributed by atoms with van der Waals surface area (Å²) >= 11 is 0. The van der Waals surface area contributed by atoms with Crippen LogP contribution in [0.5, 0.6) is 0 Å². The molecule has 0 saturated heterocycles. The van der Waals surface area contributed by atoms with Crippen LogP contribution < -0.4 is 0 Å². The predicted molar refractivity (Wildman–Crippen MR) is 52.0 cm³/mol. The number of hydrogen-bond acceptors (Lipinski definition) is 3. The van der Waals surface area contributed by atoms with Gasteiger partial charge in [-0.2, -0.15) is 0 Å². The lowest BCUT2D eigenvalue weighted by molar-refractivity contribution is -0.525. The Balaban J connectivity index is 3.28. The maximum atomic E-state index is 5.06. The van der Waals surface area contributed by atoms with Crippen LogP contribution in [0.25, 0.3) is 0 Å². The number of rotatable bonds is 9. The monoisotopic (exact) mass is 190 g/mol. The normalized spacial score (nSPS) is 13.2.